The normalized spacial score (nSPS) is 16.9. The highest BCUT2D eigenvalue weighted by atomic mass is 32.2. The number of hydrogen-bond donors (Lipinski definition) is 0. The van der Waals surface area contributed by atoms with Crippen molar-refractivity contribution in [2.45, 2.75) is 38.2 Å². The molecular weight excluding hydrogens is 334 g/mol. The second-order valence-corrected chi connectivity index (χ2v) is 8.67. The van der Waals surface area contributed by atoms with Gasteiger partial charge in [0.2, 0.25) is 0 Å². The van der Waals surface area contributed by atoms with Gasteiger partial charge in [0.25, 0.3) is 10.0 Å². The molecule has 4 nitrogen and oxygen atoms in total. The summed E-state index contributed by atoms with van der Waals surface area (Å²) in [5, 5.41) is 0. The van der Waals surface area contributed by atoms with Crippen LogP contribution in [-0.4, -0.2) is 21.6 Å². The van der Waals surface area contributed by atoms with E-state index in [0.29, 0.717) is 11.4 Å². The number of hydrogen-bond acceptors (Lipinski definition) is 3. The molecule has 0 saturated carbocycles. The molecule has 0 amide bonds. The Labute approximate surface area is 150 Å². The molecule has 0 radical (unpaired) electrons. The molecule has 1 aliphatic heterocycles. The number of anilines is 1. The Kier molecular flexibility index (Phi) is 5.16. The van der Waals surface area contributed by atoms with E-state index < -0.39 is 10.0 Å². The molecule has 0 bridgehead atoms. The fourth-order valence-electron chi connectivity index (χ4n) is 2.93. The van der Waals surface area contributed by atoms with E-state index in [1.807, 2.05) is 57.2 Å². The first-order chi connectivity index (χ1) is 11.9. The van der Waals surface area contributed by atoms with Crippen molar-refractivity contribution in [3.63, 3.8) is 0 Å². The quantitative estimate of drug-likeness (QED) is 0.697. The minimum Gasteiger partial charge on any atom is -0.368 e. The second kappa shape index (κ2) is 7.18. The van der Waals surface area contributed by atoms with E-state index in [4.69, 9.17) is 4.74 Å². The van der Waals surface area contributed by atoms with Crippen LogP contribution in [-0.2, 0) is 21.2 Å². The van der Waals surface area contributed by atoms with E-state index in [1.165, 1.54) is 0 Å². The van der Waals surface area contributed by atoms with E-state index in [2.05, 4.69) is 0 Å². The van der Waals surface area contributed by atoms with Crippen LogP contribution in [0, 0.1) is 5.92 Å². The van der Waals surface area contributed by atoms with Crippen molar-refractivity contribution in [1.82, 2.24) is 0 Å². The van der Waals surface area contributed by atoms with Gasteiger partial charge in [0.05, 0.1) is 17.2 Å². The molecule has 0 aliphatic carbocycles. The molecule has 0 aromatic heterocycles. The Morgan fingerprint density at radius 1 is 1.12 bits per heavy atom. The topological polar surface area (TPSA) is 49.9 Å². The average Bonchev–Trinajstić information content (AvgIpc) is 3.44. The van der Waals surface area contributed by atoms with Crippen LogP contribution in [0.25, 0.3) is 0 Å². The van der Waals surface area contributed by atoms with Crippen molar-refractivity contribution in [2.24, 2.45) is 5.92 Å². The van der Waals surface area contributed by atoms with Crippen molar-refractivity contribution in [1.29, 1.82) is 0 Å². The third-order valence-electron chi connectivity index (χ3n) is 4.35. The van der Waals surface area contributed by atoms with Crippen molar-refractivity contribution in [3.8, 4) is 0 Å². The minimum atomic E-state index is -3.61. The Hall–Kier alpha value is -1.85. The molecule has 2 aromatic rings. The van der Waals surface area contributed by atoms with E-state index in [9.17, 15) is 8.42 Å². The number of sulfonamides is 1. The lowest BCUT2D eigenvalue weighted by Gasteiger charge is -2.28. The van der Waals surface area contributed by atoms with Gasteiger partial charge in [-0.1, -0.05) is 51.1 Å². The average molecular weight is 359 g/mol. The number of para-hydroxylation sites is 1. The van der Waals surface area contributed by atoms with Crippen LogP contribution in [0.15, 0.2) is 53.4 Å². The van der Waals surface area contributed by atoms with Gasteiger partial charge < -0.3 is 4.74 Å². The molecule has 0 N–H and O–H groups in total. The van der Waals surface area contributed by atoms with Crippen molar-refractivity contribution < 1.29 is 13.2 Å². The molecule has 1 heterocycles. The van der Waals surface area contributed by atoms with Gasteiger partial charge in [-0.05, 0) is 41.7 Å². The molecule has 1 atom stereocenters. The van der Waals surface area contributed by atoms with Crippen LogP contribution >= 0.6 is 0 Å². The van der Waals surface area contributed by atoms with Crippen LogP contribution < -0.4 is 4.31 Å². The lowest BCUT2D eigenvalue weighted by Crippen LogP contribution is -2.35. The van der Waals surface area contributed by atoms with E-state index >= 15 is 0 Å². The highest BCUT2D eigenvalue weighted by Gasteiger charge is 2.29. The molecule has 1 fully saturated rings. The van der Waals surface area contributed by atoms with Crippen molar-refractivity contribution in [3.05, 3.63) is 59.7 Å². The predicted octanol–water partition coefficient (Wildman–Crippen LogP) is 4.17. The van der Waals surface area contributed by atoms with Gasteiger partial charge in [-0.2, -0.15) is 0 Å². The number of aryl methyl sites for hydroxylation is 1. The Morgan fingerprint density at radius 2 is 1.76 bits per heavy atom. The van der Waals surface area contributed by atoms with Crippen LogP contribution in [0.1, 0.15) is 38.0 Å². The van der Waals surface area contributed by atoms with E-state index in [0.717, 1.165) is 29.8 Å². The first kappa shape index (κ1) is 18.0. The van der Waals surface area contributed by atoms with E-state index in [1.54, 1.807) is 16.4 Å². The number of epoxide rings is 1. The highest BCUT2D eigenvalue weighted by Crippen LogP contribution is 2.32. The maximum Gasteiger partial charge on any atom is 0.264 e. The molecular formula is C20H25NO3S. The summed E-state index contributed by atoms with van der Waals surface area (Å²) >= 11 is 0. The summed E-state index contributed by atoms with van der Waals surface area (Å²) < 4.78 is 33.5. The number of rotatable bonds is 7. The van der Waals surface area contributed by atoms with Crippen LogP contribution in [0.3, 0.4) is 0 Å². The zero-order valence-corrected chi connectivity index (χ0v) is 15.8. The number of benzene rings is 2. The summed E-state index contributed by atoms with van der Waals surface area (Å²) in [5.41, 5.74) is 2.84. The van der Waals surface area contributed by atoms with Gasteiger partial charge in [-0.3, -0.25) is 4.31 Å². The molecule has 2 aromatic carbocycles. The molecule has 25 heavy (non-hydrogen) atoms. The lowest BCUT2D eigenvalue weighted by atomic mass is 10.1. The van der Waals surface area contributed by atoms with Gasteiger partial charge in [0.15, 0.2) is 0 Å². The van der Waals surface area contributed by atoms with Gasteiger partial charge in [-0.25, -0.2) is 8.42 Å². The molecule has 1 unspecified atom stereocenters. The molecule has 134 valence electrons. The van der Waals surface area contributed by atoms with Crippen molar-refractivity contribution >= 4 is 15.7 Å². The number of nitrogens with zero attached hydrogens (tertiary/aromatic N) is 1. The summed E-state index contributed by atoms with van der Waals surface area (Å²) in [6.07, 6.45) is 0.919. The Balaban J connectivity index is 2.01. The van der Waals surface area contributed by atoms with Crippen LogP contribution in [0.5, 0.6) is 0 Å². The molecule has 5 heteroatoms. The molecule has 0 spiro atoms. The lowest BCUT2D eigenvalue weighted by molar-refractivity contribution is 0.415. The largest absolute Gasteiger partial charge is 0.368 e. The summed E-state index contributed by atoms with van der Waals surface area (Å²) in [6, 6.07) is 14.8. The predicted molar refractivity (Wildman–Crippen MR) is 100 cm³/mol. The summed E-state index contributed by atoms with van der Waals surface area (Å²) in [6.45, 7) is 7.28. The second-order valence-electron chi connectivity index (χ2n) is 6.80. The minimum absolute atomic E-state index is 0.129. The summed E-state index contributed by atoms with van der Waals surface area (Å²) in [7, 11) is -3.61. The fraction of sp³-hybridized carbons (Fsp3) is 0.400. The van der Waals surface area contributed by atoms with E-state index in [-0.39, 0.29) is 12.0 Å². The first-order valence-corrected chi connectivity index (χ1v) is 10.2. The zero-order chi connectivity index (χ0) is 18.0. The third-order valence-corrected chi connectivity index (χ3v) is 6.14. The highest BCUT2D eigenvalue weighted by molar-refractivity contribution is 7.92. The smallest absolute Gasteiger partial charge is 0.264 e. The van der Waals surface area contributed by atoms with Crippen LogP contribution in [0.4, 0.5) is 5.69 Å². The number of ether oxygens (including phenoxy) is 1. The maximum absolute atomic E-state index is 13.3. The maximum atomic E-state index is 13.3. The molecule has 3 rings (SSSR count). The van der Waals surface area contributed by atoms with Crippen LogP contribution in [0.2, 0.25) is 0 Å². The summed E-state index contributed by atoms with van der Waals surface area (Å²) in [5.74, 6) is 0.221. The zero-order valence-electron chi connectivity index (χ0n) is 15.0. The first-order valence-electron chi connectivity index (χ1n) is 8.75. The van der Waals surface area contributed by atoms with Gasteiger partial charge in [0, 0.05) is 6.54 Å². The molecule has 1 saturated heterocycles. The standard InChI is InChI=1S/C20H25NO3S/c1-4-16-7-5-6-8-19(16)21(13-15(2)3)25(22,23)18-11-9-17(10-12-18)20-14-24-20/h5-12,15,20H,4,13-14H2,1-3H3. The van der Waals surface area contributed by atoms with Crippen molar-refractivity contribution in [2.75, 3.05) is 17.5 Å². The fourth-order valence-corrected chi connectivity index (χ4v) is 4.60. The SMILES string of the molecule is CCc1ccccc1N(CC(C)C)S(=O)(=O)c1ccc(C2CO2)cc1. The Bertz CT molecular complexity index is 824. The van der Waals surface area contributed by atoms with Gasteiger partial charge in [0.1, 0.15) is 6.10 Å². The molecule has 1 aliphatic rings. The summed E-state index contributed by atoms with van der Waals surface area (Å²) in [4.78, 5) is 0.323. The van der Waals surface area contributed by atoms with Gasteiger partial charge >= 0.3 is 0 Å². The Morgan fingerprint density at radius 3 is 2.32 bits per heavy atom. The monoisotopic (exact) mass is 359 g/mol. The third kappa shape index (κ3) is 3.88. The van der Waals surface area contributed by atoms with Gasteiger partial charge in [-0.15, -0.1) is 0 Å².